The van der Waals surface area contributed by atoms with Crippen LogP contribution in [-0.2, 0) is 0 Å². The largest absolute Gasteiger partial charge is 0.402 e. The molecule has 0 spiro atoms. The maximum Gasteiger partial charge on any atom is 0.139 e. The van der Waals surface area contributed by atoms with Crippen LogP contribution in [0.4, 0.5) is 0 Å². The van der Waals surface area contributed by atoms with Crippen LogP contribution in [0.2, 0.25) is 0 Å². The molecule has 1 nitrogen and oxygen atoms in total. The molecule has 0 amide bonds. The number of hydrogen-bond donors (Lipinski definition) is 1. The third-order valence-electron chi connectivity index (χ3n) is 0.965. The van der Waals surface area contributed by atoms with E-state index < -0.39 is 0 Å². The lowest BCUT2D eigenvalue weighted by atomic mass is 9.90. The molecule has 0 aromatic carbocycles. The molecule has 1 unspecified atom stereocenters. The van der Waals surface area contributed by atoms with Crippen molar-refractivity contribution in [2.75, 3.05) is 0 Å². The number of aliphatic hydroxyl groups is 1. The second-order valence-corrected chi connectivity index (χ2v) is 1.98. The normalized spacial score (nSPS) is 15.3. The Kier molecular flexibility index (Phi) is 2.25. The van der Waals surface area contributed by atoms with E-state index in [9.17, 15) is 0 Å². The van der Waals surface area contributed by atoms with Gasteiger partial charge in [0.05, 0.1) is 0 Å². The Morgan fingerprint density at radius 3 is 1.67 bits per heavy atom. The van der Waals surface area contributed by atoms with Crippen molar-refractivity contribution in [2.45, 2.75) is 19.9 Å². The number of aliphatic hydroxyl groups excluding tert-OH is 1. The summed E-state index contributed by atoms with van der Waals surface area (Å²) in [7, 11) is 1.80. The molecule has 0 saturated carbocycles. The summed E-state index contributed by atoms with van der Waals surface area (Å²) >= 11 is 0. The van der Waals surface area contributed by atoms with Crippen molar-refractivity contribution in [2.24, 2.45) is 5.92 Å². The van der Waals surface area contributed by atoms with E-state index in [1.165, 1.54) is 0 Å². The Balaban J connectivity index is 2.99. The van der Waals surface area contributed by atoms with Gasteiger partial charge >= 0.3 is 0 Å². The smallest absolute Gasteiger partial charge is 0.139 e. The van der Waals surface area contributed by atoms with E-state index >= 15 is 0 Å². The molecule has 0 aliphatic carbocycles. The first-order valence-electron chi connectivity index (χ1n) is 2.32. The second-order valence-electron chi connectivity index (χ2n) is 1.98. The van der Waals surface area contributed by atoms with Crippen LogP contribution in [0.1, 0.15) is 13.8 Å². The molecule has 1 N–H and O–H groups in total. The molecule has 0 bridgehead atoms. The van der Waals surface area contributed by atoms with Crippen molar-refractivity contribution in [3.63, 3.8) is 0 Å². The lowest BCUT2D eigenvalue weighted by Crippen LogP contribution is -2.12. The first-order valence-corrected chi connectivity index (χ1v) is 2.32. The zero-order valence-electron chi connectivity index (χ0n) is 4.60. The van der Waals surface area contributed by atoms with Gasteiger partial charge in [0.15, 0.2) is 0 Å². The Morgan fingerprint density at radius 2 is 1.67 bits per heavy atom. The van der Waals surface area contributed by atoms with E-state index in [0.29, 0.717) is 5.92 Å². The molecule has 1 atom stereocenters. The van der Waals surface area contributed by atoms with Gasteiger partial charge in [-0.1, -0.05) is 13.8 Å². The predicted octanol–water partition coefficient (Wildman–Crippen LogP) is -0.406. The van der Waals surface area contributed by atoms with Crippen LogP contribution in [0, 0.1) is 5.92 Å². The molecule has 0 fully saturated rings. The lowest BCUT2D eigenvalue weighted by molar-refractivity contribution is 0.204. The molecule has 0 aromatic rings. The van der Waals surface area contributed by atoms with E-state index in [4.69, 9.17) is 5.11 Å². The first kappa shape index (κ1) is 6.02. The van der Waals surface area contributed by atoms with Gasteiger partial charge in [-0.2, -0.15) is 0 Å². The van der Waals surface area contributed by atoms with Crippen LogP contribution in [0.3, 0.4) is 0 Å². The Hall–Kier alpha value is 0.0249. The summed E-state index contributed by atoms with van der Waals surface area (Å²) in [6.07, 6.45) is 0. The molecule has 0 aromatic heterocycles. The monoisotopic (exact) mass is 86.1 g/mol. The van der Waals surface area contributed by atoms with Crippen LogP contribution in [-0.4, -0.2) is 19.0 Å². The molecule has 36 valence electrons. The fraction of sp³-hybridized carbons (Fsp3) is 1.00. The summed E-state index contributed by atoms with van der Waals surface area (Å²) in [5, 5.41) is 8.63. The van der Waals surface area contributed by atoms with E-state index in [2.05, 4.69) is 0 Å². The average molecular weight is 85.9 g/mol. The molecule has 6 heavy (non-hydrogen) atoms. The van der Waals surface area contributed by atoms with E-state index in [-0.39, 0.29) is 6.00 Å². The fourth-order valence-corrected chi connectivity index (χ4v) is 0. The van der Waals surface area contributed by atoms with Gasteiger partial charge in [0, 0.05) is 6.00 Å². The fourth-order valence-electron chi connectivity index (χ4n) is 0. The molecular weight excluding hydrogens is 74.9 g/mol. The van der Waals surface area contributed by atoms with Crippen molar-refractivity contribution in [1.82, 2.24) is 0 Å². The van der Waals surface area contributed by atoms with Crippen molar-refractivity contribution in [1.29, 1.82) is 0 Å². The van der Waals surface area contributed by atoms with E-state index in [1.807, 2.05) is 13.8 Å². The summed E-state index contributed by atoms with van der Waals surface area (Å²) in [4.78, 5) is 0. The third kappa shape index (κ3) is 2.27. The SMILES string of the molecule is BC(O)C(C)C. The maximum absolute atomic E-state index is 8.63. The van der Waals surface area contributed by atoms with Crippen LogP contribution in [0.5, 0.6) is 0 Å². The molecular formula is C4H11BO. The minimum absolute atomic E-state index is 0.148. The van der Waals surface area contributed by atoms with Crippen LogP contribution in [0.25, 0.3) is 0 Å². The van der Waals surface area contributed by atoms with Crippen LogP contribution < -0.4 is 0 Å². The summed E-state index contributed by atoms with van der Waals surface area (Å²) in [5.74, 6) is 0.407. The highest BCUT2D eigenvalue weighted by atomic mass is 16.3. The molecule has 0 radical (unpaired) electrons. The van der Waals surface area contributed by atoms with Crippen molar-refractivity contribution in [3.8, 4) is 0 Å². The average Bonchev–Trinajstić information content (AvgIpc) is 1.36. The first-order chi connectivity index (χ1) is 2.64. The topological polar surface area (TPSA) is 20.2 Å². The Morgan fingerprint density at radius 1 is 1.50 bits per heavy atom. The van der Waals surface area contributed by atoms with Crippen LogP contribution in [0.15, 0.2) is 0 Å². The summed E-state index contributed by atoms with van der Waals surface area (Å²) in [5.41, 5.74) is 0. The highest BCUT2D eigenvalue weighted by molar-refractivity contribution is 6.10. The molecule has 2 heteroatoms. The lowest BCUT2D eigenvalue weighted by Gasteiger charge is -2.04. The minimum atomic E-state index is -0.148. The summed E-state index contributed by atoms with van der Waals surface area (Å²) in [6.45, 7) is 3.98. The molecule has 0 saturated heterocycles. The molecule has 0 aliphatic heterocycles. The van der Waals surface area contributed by atoms with Crippen molar-refractivity contribution >= 4 is 7.85 Å². The molecule has 0 aliphatic rings. The van der Waals surface area contributed by atoms with Gasteiger partial charge in [-0.15, -0.1) is 0 Å². The van der Waals surface area contributed by atoms with Crippen LogP contribution >= 0.6 is 0 Å². The molecule has 0 rings (SSSR count). The quantitative estimate of drug-likeness (QED) is 0.430. The standard InChI is InChI=1S/C4H11BO/c1-3(2)4(5)6/h3-4,6H,5H2,1-2H3. The van der Waals surface area contributed by atoms with Gasteiger partial charge in [0.25, 0.3) is 0 Å². The van der Waals surface area contributed by atoms with Crippen molar-refractivity contribution < 1.29 is 5.11 Å². The third-order valence-corrected chi connectivity index (χ3v) is 0.965. The maximum atomic E-state index is 8.63. The van der Waals surface area contributed by atoms with Crippen molar-refractivity contribution in [3.05, 3.63) is 0 Å². The second kappa shape index (κ2) is 2.24. The zero-order chi connectivity index (χ0) is 5.15. The minimum Gasteiger partial charge on any atom is -0.402 e. The van der Waals surface area contributed by atoms with Gasteiger partial charge in [-0.3, -0.25) is 0 Å². The summed E-state index contributed by atoms with van der Waals surface area (Å²) < 4.78 is 0. The highest BCUT2D eigenvalue weighted by Crippen LogP contribution is 1.93. The highest BCUT2D eigenvalue weighted by Gasteiger charge is 1.97. The van der Waals surface area contributed by atoms with E-state index in [1.54, 1.807) is 7.85 Å². The Labute approximate surface area is 39.8 Å². The van der Waals surface area contributed by atoms with Gasteiger partial charge in [0.2, 0.25) is 0 Å². The Bertz CT molecular complexity index is 28.5. The molecule has 0 heterocycles. The number of rotatable bonds is 1. The zero-order valence-corrected chi connectivity index (χ0v) is 4.60. The number of hydrogen-bond acceptors (Lipinski definition) is 1. The predicted molar refractivity (Wildman–Crippen MR) is 29.4 cm³/mol. The summed E-state index contributed by atoms with van der Waals surface area (Å²) in [6, 6.07) is -0.148. The van der Waals surface area contributed by atoms with Gasteiger partial charge in [-0.25, -0.2) is 0 Å². The van der Waals surface area contributed by atoms with E-state index in [0.717, 1.165) is 0 Å². The van der Waals surface area contributed by atoms with Gasteiger partial charge < -0.3 is 5.11 Å². The van der Waals surface area contributed by atoms with Gasteiger partial charge in [-0.05, 0) is 5.92 Å². The van der Waals surface area contributed by atoms with Gasteiger partial charge in [0.1, 0.15) is 7.85 Å².